The molecule has 0 fully saturated rings. The Bertz CT molecular complexity index is 43.8. The molecule has 1 nitrogen and oxygen atoms in total. The van der Waals surface area contributed by atoms with E-state index in [1.165, 1.54) is 6.42 Å². The van der Waals surface area contributed by atoms with Crippen LogP contribution in [0.2, 0.25) is 0 Å². The highest BCUT2D eigenvalue weighted by Gasteiger charge is 1.80. The van der Waals surface area contributed by atoms with Crippen LogP contribution in [0.4, 0.5) is 0 Å². The van der Waals surface area contributed by atoms with Gasteiger partial charge in [-0.15, -0.1) is 0 Å². The molecule has 0 unspecified atom stereocenters. The number of hydrogen-bond donors (Lipinski definition) is 1. The largest absolute Gasteiger partial charge is 0.504 e. The van der Waals surface area contributed by atoms with Gasteiger partial charge < -0.3 is 5.11 Å². The fourth-order valence-corrected chi connectivity index (χ4v) is 0. The third kappa shape index (κ3) is 39.4. The summed E-state index contributed by atoms with van der Waals surface area (Å²) < 4.78 is 0. The van der Waals surface area contributed by atoms with E-state index in [1.807, 2.05) is 0 Å². The molecule has 0 aromatic carbocycles. The van der Waals surface area contributed by atoms with Crippen molar-refractivity contribution in [3.63, 3.8) is 0 Å². The number of aliphatic hydroxyl groups is 1. The second-order valence-electron chi connectivity index (χ2n) is 1.91. The van der Waals surface area contributed by atoms with Crippen molar-refractivity contribution in [2.75, 3.05) is 0 Å². The Hall–Kier alpha value is -0.110. The Labute approximate surface area is 56.7 Å². The molecule has 0 radical (unpaired) electrons. The Morgan fingerprint density at radius 3 is 1.75 bits per heavy atom. The third-order valence-corrected chi connectivity index (χ3v) is 0.816. The van der Waals surface area contributed by atoms with Gasteiger partial charge in [-0.1, -0.05) is 27.2 Å². The van der Waals surface area contributed by atoms with E-state index in [0.29, 0.717) is 5.55 Å². The van der Waals surface area contributed by atoms with Gasteiger partial charge in [-0.3, -0.25) is 0 Å². The van der Waals surface area contributed by atoms with Crippen LogP contribution in [0.15, 0.2) is 0 Å². The van der Waals surface area contributed by atoms with E-state index in [9.17, 15) is 0 Å². The summed E-state index contributed by atoms with van der Waals surface area (Å²) in [6.07, 6.45) is 1.31. The molecule has 1 N–H and O–H groups in total. The van der Waals surface area contributed by atoms with Crippen LogP contribution < -0.4 is 0 Å². The molecule has 2 heteroatoms. The summed E-state index contributed by atoms with van der Waals surface area (Å²) in [7, 11) is 0. The van der Waals surface area contributed by atoms with Crippen LogP contribution >= 0.6 is 12.2 Å². The Balaban J connectivity index is 0. The summed E-state index contributed by atoms with van der Waals surface area (Å²) in [6.45, 7) is 6.64. The minimum atomic E-state index is 0.583. The molecule has 0 saturated carbocycles. The first-order valence-corrected chi connectivity index (χ1v) is 3.24. The molecule has 0 aliphatic heterocycles. The quantitative estimate of drug-likeness (QED) is 0.556. The lowest BCUT2D eigenvalue weighted by atomic mass is 10.2. The average Bonchev–Trinajstić information content (AvgIpc) is 1.69. The van der Waals surface area contributed by atoms with Gasteiger partial charge in [0.2, 0.25) is 0 Å². The lowest BCUT2D eigenvalue weighted by molar-refractivity contribution is 0.594. The van der Waals surface area contributed by atoms with Crippen molar-refractivity contribution in [1.82, 2.24) is 0 Å². The van der Waals surface area contributed by atoms with E-state index in [2.05, 4.69) is 33.0 Å². The van der Waals surface area contributed by atoms with Gasteiger partial charge in [0, 0.05) is 0 Å². The van der Waals surface area contributed by atoms with Crippen LogP contribution in [-0.4, -0.2) is 10.7 Å². The molecule has 8 heavy (non-hydrogen) atoms. The Morgan fingerprint density at radius 1 is 1.62 bits per heavy atom. The van der Waals surface area contributed by atoms with Crippen LogP contribution in [0.3, 0.4) is 0 Å². The standard InChI is InChI=1S/C5H12.CH2OS/c1-4-5(2)3;2-1-3/h5H,4H2,1-3H3;1H,(H,2,3). The summed E-state index contributed by atoms with van der Waals surface area (Å²) in [4.78, 5) is 0. The molecule has 0 bridgehead atoms. The first kappa shape index (κ1) is 10.8. The molecular formula is C6H14OS. The first-order valence-electron chi connectivity index (χ1n) is 2.76. The molecule has 0 aliphatic carbocycles. The molecule has 0 atom stereocenters. The van der Waals surface area contributed by atoms with Crippen molar-refractivity contribution in [2.24, 2.45) is 5.92 Å². The molecule has 0 spiro atoms. The van der Waals surface area contributed by atoms with Crippen molar-refractivity contribution in [3.8, 4) is 0 Å². The SMILES string of the molecule is CCC(C)C.OC=S. The predicted octanol–water partition coefficient (Wildman–Crippen LogP) is 2.55. The zero-order chi connectivity index (χ0) is 6.99. The minimum Gasteiger partial charge on any atom is -0.504 e. The van der Waals surface area contributed by atoms with Crippen LogP contribution in [0.5, 0.6) is 0 Å². The van der Waals surface area contributed by atoms with Gasteiger partial charge in [-0.05, 0) is 18.1 Å². The van der Waals surface area contributed by atoms with Crippen molar-refractivity contribution in [3.05, 3.63) is 0 Å². The first-order chi connectivity index (χ1) is 3.68. The summed E-state index contributed by atoms with van der Waals surface area (Å²) in [5, 5.41) is 7.26. The summed E-state index contributed by atoms with van der Waals surface area (Å²) >= 11 is 3.82. The van der Waals surface area contributed by atoms with E-state index in [0.717, 1.165) is 5.92 Å². The fourth-order valence-electron chi connectivity index (χ4n) is 0. The molecule has 0 aromatic rings. The highest BCUT2D eigenvalue weighted by Crippen LogP contribution is 1.93. The van der Waals surface area contributed by atoms with Crippen LogP contribution in [0, 0.1) is 5.92 Å². The predicted molar refractivity (Wildman–Crippen MR) is 41.4 cm³/mol. The average molecular weight is 134 g/mol. The highest BCUT2D eigenvalue weighted by atomic mass is 32.1. The fraction of sp³-hybridized carbons (Fsp3) is 0.833. The maximum atomic E-state index is 7.26. The van der Waals surface area contributed by atoms with Gasteiger partial charge in [0.15, 0.2) is 0 Å². The van der Waals surface area contributed by atoms with Gasteiger partial charge in [-0.2, -0.15) is 0 Å². The maximum Gasteiger partial charge on any atom is 0.142 e. The molecule has 0 saturated heterocycles. The van der Waals surface area contributed by atoms with E-state index >= 15 is 0 Å². The van der Waals surface area contributed by atoms with E-state index in [-0.39, 0.29) is 0 Å². The number of aliphatic hydroxyl groups excluding tert-OH is 1. The Kier molecular flexibility index (Phi) is 13.5. The lowest BCUT2D eigenvalue weighted by Gasteiger charge is -1.90. The molecule has 0 aliphatic rings. The summed E-state index contributed by atoms with van der Waals surface area (Å²) in [5.74, 6) is 0.884. The molecule has 50 valence electrons. The van der Waals surface area contributed by atoms with E-state index < -0.39 is 0 Å². The van der Waals surface area contributed by atoms with Crippen molar-refractivity contribution >= 4 is 17.8 Å². The van der Waals surface area contributed by atoms with Crippen LogP contribution in [-0.2, 0) is 0 Å². The maximum absolute atomic E-state index is 7.26. The van der Waals surface area contributed by atoms with Gasteiger partial charge in [-0.25, -0.2) is 0 Å². The topological polar surface area (TPSA) is 20.2 Å². The van der Waals surface area contributed by atoms with Gasteiger partial charge in [0.25, 0.3) is 0 Å². The number of hydrogen-bond acceptors (Lipinski definition) is 1. The monoisotopic (exact) mass is 134 g/mol. The zero-order valence-corrected chi connectivity index (χ0v) is 6.53. The molecule has 0 amide bonds. The second kappa shape index (κ2) is 10.00. The summed E-state index contributed by atoms with van der Waals surface area (Å²) in [5.41, 5.74) is 0.583. The van der Waals surface area contributed by atoms with Gasteiger partial charge in [0.1, 0.15) is 5.55 Å². The molecule has 0 rings (SSSR count). The summed E-state index contributed by atoms with van der Waals surface area (Å²) in [6, 6.07) is 0. The highest BCUT2D eigenvalue weighted by molar-refractivity contribution is 7.78. The lowest BCUT2D eigenvalue weighted by Crippen LogP contribution is -1.77. The number of thiocarbonyl (C=S) groups is 1. The zero-order valence-electron chi connectivity index (χ0n) is 5.72. The van der Waals surface area contributed by atoms with Crippen LogP contribution in [0.25, 0.3) is 0 Å². The molecular weight excluding hydrogens is 120 g/mol. The smallest absolute Gasteiger partial charge is 0.142 e. The third-order valence-electron chi connectivity index (χ3n) is 0.816. The molecule has 0 aromatic heterocycles. The Morgan fingerprint density at radius 2 is 1.75 bits per heavy atom. The number of rotatable bonds is 1. The molecule has 0 heterocycles. The van der Waals surface area contributed by atoms with Crippen molar-refractivity contribution in [2.45, 2.75) is 27.2 Å². The van der Waals surface area contributed by atoms with Crippen LogP contribution in [0.1, 0.15) is 27.2 Å². The van der Waals surface area contributed by atoms with Gasteiger partial charge >= 0.3 is 0 Å². The van der Waals surface area contributed by atoms with Crippen molar-refractivity contribution in [1.29, 1.82) is 0 Å². The second-order valence-corrected chi connectivity index (χ2v) is 2.12. The van der Waals surface area contributed by atoms with Gasteiger partial charge in [0.05, 0.1) is 0 Å². The normalized spacial score (nSPS) is 7.50. The van der Waals surface area contributed by atoms with Crippen molar-refractivity contribution < 1.29 is 5.11 Å². The van der Waals surface area contributed by atoms with E-state index in [1.54, 1.807) is 0 Å². The van der Waals surface area contributed by atoms with E-state index in [4.69, 9.17) is 5.11 Å². The minimum absolute atomic E-state index is 0.583.